The van der Waals surface area contributed by atoms with E-state index in [1.165, 1.54) is 16.7 Å². The van der Waals surface area contributed by atoms with Gasteiger partial charge in [0.05, 0.1) is 0 Å². The summed E-state index contributed by atoms with van der Waals surface area (Å²) < 4.78 is 5.26. The van der Waals surface area contributed by atoms with E-state index in [1.807, 2.05) is 31.2 Å². The predicted molar refractivity (Wildman–Crippen MR) is 92.1 cm³/mol. The monoisotopic (exact) mass is 348 g/mol. The van der Waals surface area contributed by atoms with Crippen LogP contribution in [0.1, 0.15) is 19.4 Å². The van der Waals surface area contributed by atoms with Crippen molar-refractivity contribution >= 4 is 34.6 Å². The maximum atomic E-state index is 12.7. The molecule has 1 aromatic carbocycles. The van der Waals surface area contributed by atoms with E-state index in [0.717, 1.165) is 17.7 Å². The quantitative estimate of drug-likeness (QED) is 0.779. The summed E-state index contributed by atoms with van der Waals surface area (Å²) in [4.78, 5) is 39.4. The van der Waals surface area contributed by atoms with Gasteiger partial charge in [0, 0.05) is 24.0 Å². The van der Waals surface area contributed by atoms with Crippen LogP contribution in [0.4, 0.5) is 10.5 Å². The molecule has 0 spiro atoms. The third-order valence-electron chi connectivity index (χ3n) is 4.27. The van der Waals surface area contributed by atoms with Crippen LogP contribution >= 0.6 is 11.8 Å². The van der Waals surface area contributed by atoms with E-state index in [1.54, 1.807) is 11.8 Å². The van der Waals surface area contributed by atoms with E-state index in [0.29, 0.717) is 12.3 Å². The van der Waals surface area contributed by atoms with E-state index >= 15 is 0 Å². The highest BCUT2D eigenvalue weighted by Crippen LogP contribution is 2.32. The van der Waals surface area contributed by atoms with Gasteiger partial charge in [0.15, 0.2) is 6.10 Å². The van der Waals surface area contributed by atoms with Crippen molar-refractivity contribution in [3.8, 4) is 0 Å². The van der Waals surface area contributed by atoms with Gasteiger partial charge in [-0.3, -0.25) is 14.4 Å². The Balaban J connectivity index is 1.62. The van der Waals surface area contributed by atoms with Gasteiger partial charge in [0.2, 0.25) is 0 Å². The summed E-state index contributed by atoms with van der Waals surface area (Å²) >= 11 is 1.19. The van der Waals surface area contributed by atoms with E-state index in [-0.39, 0.29) is 23.7 Å². The number of benzene rings is 1. The molecule has 1 aromatic rings. The standard InChI is InChI=1S/C17H20N2O4S/c1-11-9-13-5-3-4-6-14(13)19(11)16(21)12(2)23-15(20)10-18-7-8-24-17(18)22/h3-6,11-12H,7-10H2,1-2H3/t11-,12+/m0/s1. The van der Waals surface area contributed by atoms with Crippen LogP contribution in [0.2, 0.25) is 0 Å². The fraction of sp³-hybridized carbons (Fsp3) is 0.471. The first-order valence-electron chi connectivity index (χ1n) is 7.99. The number of amides is 2. The van der Waals surface area contributed by atoms with Crippen LogP contribution in [0.25, 0.3) is 0 Å². The lowest BCUT2D eigenvalue weighted by Crippen LogP contribution is -2.44. The van der Waals surface area contributed by atoms with E-state index in [9.17, 15) is 14.4 Å². The zero-order valence-electron chi connectivity index (χ0n) is 13.7. The molecular weight excluding hydrogens is 328 g/mol. The van der Waals surface area contributed by atoms with Gasteiger partial charge in [-0.2, -0.15) is 0 Å². The lowest BCUT2D eigenvalue weighted by Gasteiger charge is -2.26. The third kappa shape index (κ3) is 3.26. The molecule has 128 valence electrons. The molecule has 3 rings (SSSR count). The number of rotatable bonds is 4. The molecule has 6 nitrogen and oxygen atoms in total. The van der Waals surface area contributed by atoms with Crippen LogP contribution in [-0.4, -0.2) is 53.0 Å². The minimum Gasteiger partial charge on any atom is -0.451 e. The summed E-state index contributed by atoms with van der Waals surface area (Å²) in [5.74, 6) is -0.0994. The second-order valence-electron chi connectivity index (χ2n) is 6.06. The normalized spacial score (nSPS) is 20.9. The number of esters is 1. The number of carbonyl (C=O) groups excluding carboxylic acids is 3. The topological polar surface area (TPSA) is 66.9 Å². The van der Waals surface area contributed by atoms with E-state index < -0.39 is 12.1 Å². The Bertz CT molecular complexity index is 678. The molecule has 0 aromatic heterocycles. The van der Waals surface area contributed by atoms with Crippen molar-refractivity contribution in [3.05, 3.63) is 29.8 Å². The van der Waals surface area contributed by atoms with Crippen LogP contribution in [0.15, 0.2) is 24.3 Å². The molecule has 2 aliphatic heterocycles. The predicted octanol–water partition coefficient (Wildman–Crippen LogP) is 2.06. The lowest BCUT2D eigenvalue weighted by atomic mass is 10.1. The largest absolute Gasteiger partial charge is 0.451 e. The molecule has 7 heteroatoms. The zero-order valence-corrected chi connectivity index (χ0v) is 14.5. The second kappa shape index (κ2) is 6.84. The van der Waals surface area contributed by atoms with Crippen LogP contribution in [0, 0.1) is 0 Å². The van der Waals surface area contributed by atoms with E-state index in [2.05, 4.69) is 0 Å². The van der Waals surface area contributed by atoms with Crippen molar-refractivity contribution in [3.63, 3.8) is 0 Å². The second-order valence-corrected chi connectivity index (χ2v) is 7.10. The summed E-state index contributed by atoms with van der Waals surface area (Å²) in [6.07, 6.45) is -0.0845. The van der Waals surface area contributed by atoms with Gasteiger partial charge in [-0.15, -0.1) is 0 Å². The summed E-state index contributed by atoms with van der Waals surface area (Å²) in [6, 6.07) is 7.80. The number of anilines is 1. The minimum atomic E-state index is -0.878. The van der Waals surface area contributed by atoms with Gasteiger partial charge >= 0.3 is 5.97 Å². The number of nitrogens with zero attached hydrogens (tertiary/aromatic N) is 2. The van der Waals surface area contributed by atoms with Gasteiger partial charge < -0.3 is 14.5 Å². The van der Waals surface area contributed by atoms with Crippen molar-refractivity contribution < 1.29 is 19.1 Å². The number of hydrogen-bond acceptors (Lipinski definition) is 5. The number of thioether (sulfide) groups is 1. The number of fused-ring (bicyclic) bond motifs is 1. The maximum Gasteiger partial charge on any atom is 0.326 e. The molecule has 2 amide bonds. The first-order chi connectivity index (χ1) is 11.5. The SMILES string of the molecule is C[C@@H](OC(=O)CN1CCSC1=O)C(=O)N1c2ccccc2C[C@@H]1C. The summed E-state index contributed by atoms with van der Waals surface area (Å²) in [5, 5.41) is -0.118. The van der Waals surface area contributed by atoms with Crippen LogP contribution in [0.5, 0.6) is 0 Å². The highest BCUT2D eigenvalue weighted by molar-refractivity contribution is 8.13. The number of hydrogen-bond donors (Lipinski definition) is 0. The Kier molecular flexibility index (Phi) is 4.80. The van der Waals surface area contributed by atoms with Crippen molar-refractivity contribution in [2.75, 3.05) is 23.7 Å². The Morgan fingerprint density at radius 2 is 2.12 bits per heavy atom. The van der Waals surface area contributed by atoms with Gasteiger partial charge in [0.1, 0.15) is 6.54 Å². The van der Waals surface area contributed by atoms with Crippen molar-refractivity contribution in [1.82, 2.24) is 4.90 Å². The maximum absolute atomic E-state index is 12.7. The van der Waals surface area contributed by atoms with Crippen LogP contribution in [0.3, 0.4) is 0 Å². The summed E-state index contributed by atoms with van der Waals surface area (Å²) in [6.45, 7) is 3.99. The highest BCUT2D eigenvalue weighted by Gasteiger charge is 2.35. The Morgan fingerprint density at radius 1 is 1.38 bits per heavy atom. The first-order valence-corrected chi connectivity index (χ1v) is 8.98. The number of para-hydroxylation sites is 1. The highest BCUT2D eigenvalue weighted by atomic mass is 32.2. The average Bonchev–Trinajstić information content (AvgIpc) is 3.09. The molecule has 0 N–H and O–H groups in total. The van der Waals surface area contributed by atoms with Crippen molar-refractivity contribution in [1.29, 1.82) is 0 Å². The Hall–Kier alpha value is -2.02. The molecule has 0 saturated carbocycles. The fourth-order valence-corrected chi connectivity index (χ4v) is 3.93. The molecule has 1 saturated heterocycles. The molecule has 1 fully saturated rings. The molecule has 24 heavy (non-hydrogen) atoms. The molecule has 0 bridgehead atoms. The molecule has 2 heterocycles. The van der Waals surface area contributed by atoms with Crippen molar-refractivity contribution in [2.45, 2.75) is 32.4 Å². The van der Waals surface area contributed by atoms with Gasteiger partial charge in [0.25, 0.3) is 11.1 Å². The number of ether oxygens (including phenoxy) is 1. The van der Waals surface area contributed by atoms with Gasteiger partial charge in [-0.25, -0.2) is 0 Å². The Morgan fingerprint density at radius 3 is 2.83 bits per heavy atom. The molecule has 2 atom stereocenters. The van der Waals surface area contributed by atoms with Crippen LogP contribution < -0.4 is 4.90 Å². The Labute approximate surface area is 145 Å². The zero-order chi connectivity index (χ0) is 17.3. The van der Waals surface area contributed by atoms with Crippen molar-refractivity contribution in [2.24, 2.45) is 0 Å². The molecular formula is C17H20N2O4S. The van der Waals surface area contributed by atoms with Gasteiger partial charge in [-0.05, 0) is 31.9 Å². The smallest absolute Gasteiger partial charge is 0.326 e. The first kappa shape index (κ1) is 16.8. The summed E-state index contributed by atoms with van der Waals surface area (Å²) in [5.41, 5.74) is 2.00. The molecule has 2 aliphatic rings. The minimum absolute atomic E-state index is 0.0348. The van der Waals surface area contributed by atoms with E-state index in [4.69, 9.17) is 4.74 Å². The third-order valence-corrected chi connectivity index (χ3v) is 5.16. The van der Waals surface area contributed by atoms with Crippen LogP contribution in [-0.2, 0) is 20.7 Å². The fourth-order valence-electron chi connectivity index (χ4n) is 3.11. The van der Waals surface area contributed by atoms with Gasteiger partial charge in [-0.1, -0.05) is 30.0 Å². The molecule has 0 unspecified atom stereocenters. The molecule has 0 radical (unpaired) electrons. The molecule has 0 aliphatic carbocycles. The average molecular weight is 348 g/mol. The lowest BCUT2D eigenvalue weighted by molar-refractivity contribution is -0.154. The summed E-state index contributed by atoms with van der Waals surface area (Å²) in [7, 11) is 0. The number of carbonyl (C=O) groups is 3.